The van der Waals surface area contributed by atoms with Gasteiger partial charge in [0.1, 0.15) is 0 Å². The molecular weight excluding hydrogens is 734 g/mol. The van der Waals surface area contributed by atoms with Crippen LogP contribution in [-0.2, 0) is 57.2 Å². The summed E-state index contributed by atoms with van der Waals surface area (Å²) in [6.45, 7) is 20.2. The minimum absolute atomic E-state index is 0.679. The van der Waals surface area contributed by atoms with E-state index >= 15 is 0 Å². The number of unbranched alkanes of at least 4 members (excludes halogenated alkanes) is 1. The molecule has 0 spiro atoms. The quantitative estimate of drug-likeness (QED) is 0.0505. The highest BCUT2D eigenvalue weighted by Gasteiger charge is 1.98. The van der Waals surface area contributed by atoms with Crippen LogP contribution in [0.25, 0.3) is 0 Å². The highest BCUT2D eigenvalue weighted by atomic mass is 16.5. The maximum absolute atomic E-state index is 5.40. The molecule has 328 valence electrons. The van der Waals surface area contributed by atoms with E-state index in [0.717, 1.165) is 147 Å². The number of nitrogens with zero attached hydrogens (tertiary/aromatic N) is 6. The van der Waals surface area contributed by atoms with Gasteiger partial charge in [-0.25, -0.2) is 0 Å². The van der Waals surface area contributed by atoms with E-state index in [1.54, 1.807) is 18.6 Å². The highest BCUT2D eigenvalue weighted by Crippen LogP contribution is 1.98. The summed E-state index contributed by atoms with van der Waals surface area (Å²) < 4.78 is 42.5. The molecule has 0 aromatic carbocycles. The topological polar surface area (TPSA) is 199 Å². The molecule has 3 rings (SSSR count). The Morgan fingerprint density at radius 1 is 0.404 bits per heavy atom. The number of hydrogen-bond donors (Lipinski definition) is 3. The maximum Gasteiger partial charge on any atom is 0.0825 e. The van der Waals surface area contributed by atoms with E-state index in [4.69, 9.17) is 44.3 Å². The van der Waals surface area contributed by atoms with Crippen LogP contribution >= 0.6 is 0 Å². The van der Waals surface area contributed by atoms with Crippen molar-refractivity contribution in [3.05, 3.63) is 35.7 Å². The molecule has 0 saturated carbocycles. The third kappa shape index (κ3) is 42.1. The van der Waals surface area contributed by atoms with Gasteiger partial charge in [-0.1, -0.05) is 27.7 Å². The number of nitrogens with one attached hydrogen (secondary N) is 3. The zero-order valence-corrected chi connectivity index (χ0v) is 35.6. The van der Waals surface area contributed by atoms with Crippen LogP contribution in [0.2, 0.25) is 0 Å². The van der Waals surface area contributed by atoms with E-state index in [1.165, 1.54) is 0 Å². The van der Waals surface area contributed by atoms with E-state index in [0.29, 0.717) is 52.9 Å². The van der Waals surface area contributed by atoms with Crippen molar-refractivity contribution in [3.8, 4) is 12.3 Å². The summed E-state index contributed by atoms with van der Waals surface area (Å²) in [6.07, 6.45) is 21.9. The average Bonchev–Trinajstić information content (AvgIpc) is 4.06. The van der Waals surface area contributed by atoms with Crippen LogP contribution in [0.5, 0.6) is 0 Å². The Morgan fingerprint density at radius 2 is 0.667 bits per heavy atom. The van der Waals surface area contributed by atoms with Gasteiger partial charge in [0.05, 0.1) is 88.5 Å². The second-order valence-electron chi connectivity index (χ2n) is 12.4. The SMILES string of the molecule is C#CCCCOCCOCCC.CCCOCCOCCCc1cn[nH]n1.CCCOCCOCCCc1cn[nH]n1.CCCOCCOCCCc1cn[nH]n1. The first-order chi connectivity index (χ1) is 28.2. The van der Waals surface area contributed by atoms with Crippen LogP contribution in [-0.4, -0.2) is 152 Å². The van der Waals surface area contributed by atoms with Gasteiger partial charge in [0.15, 0.2) is 0 Å². The van der Waals surface area contributed by atoms with Crippen molar-refractivity contribution < 1.29 is 37.9 Å². The van der Waals surface area contributed by atoms with E-state index < -0.39 is 0 Å². The van der Waals surface area contributed by atoms with E-state index in [1.807, 2.05) is 0 Å². The summed E-state index contributed by atoms with van der Waals surface area (Å²) in [4.78, 5) is 0. The molecule has 0 bridgehead atoms. The third-order valence-electron chi connectivity index (χ3n) is 7.05. The Labute approximate surface area is 342 Å². The molecule has 3 aromatic heterocycles. The Hall–Kier alpha value is -3.34. The number of aromatic amines is 3. The van der Waals surface area contributed by atoms with Gasteiger partial charge >= 0.3 is 0 Å². The molecule has 0 radical (unpaired) electrons. The normalized spacial score (nSPS) is 10.5. The fourth-order valence-corrected chi connectivity index (χ4v) is 4.24. The van der Waals surface area contributed by atoms with Crippen LogP contribution in [0.1, 0.15) is 103 Å². The van der Waals surface area contributed by atoms with Gasteiger partial charge in [-0.15, -0.1) is 12.3 Å². The van der Waals surface area contributed by atoms with Gasteiger partial charge in [-0.2, -0.15) is 46.2 Å². The molecule has 0 aliphatic rings. The summed E-state index contributed by atoms with van der Waals surface area (Å²) in [5.41, 5.74) is 2.96. The number of ether oxygens (including phenoxy) is 8. The lowest BCUT2D eigenvalue weighted by Gasteiger charge is -2.03. The summed E-state index contributed by atoms with van der Waals surface area (Å²) in [6, 6.07) is 0. The van der Waals surface area contributed by atoms with Gasteiger partial charge < -0.3 is 37.9 Å². The minimum atomic E-state index is 0.679. The number of hydrogen-bond acceptors (Lipinski definition) is 14. The van der Waals surface area contributed by atoms with Crippen molar-refractivity contribution in [2.24, 2.45) is 0 Å². The zero-order valence-electron chi connectivity index (χ0n) is 35.6. The molecule has 17 heteroatoms. The van der Waals surface area contributed by atoms with Gasteiger partial charge in [0.2, 0.25) is 0 Å². The van der Waals surface area contributed by atoms with Crippen LogP contribution in [0, 0.1) is 12.3 Å². The van der Waals surface area contributed by atoms with Gasteiger partial charge in [-0.05, 0) is 70.6 Å². The first-order valence-electron chi connectivity index (χ1n) is 20.8. The smallest absolute Gasteiger partial charge is 0.0825 e. The summed E-state index contributed by atoms with van der Waals surface area (Å²) in [5, 5.41) is 30.8. The molecule has 3 N–H and O–H groups in total. The van der Waals surface area contributed by atoms with Gasteiger partial charge in [-0.3, -0.25) is 0 Å². The molecule has 3 heterocycles. The van der Waals surface area contributed by atoms with Crippen LogP contribution in [0.15, 0.2) is 18.6 Å². The van der Waals surface area contributed by atoms with E-state index in [2.05, 4.69) is 79.8 Å². The minimum Gasteiger partial charge on any atom is -0.379 e. The Kier molecular flexibility index (Phi) is 44.3. The molecule has 0 atom stereocenters. The molecule has 0 aliphatic heterocycles. The standard InChI is InChI=1S/3C10H19N3O2.C10H18O2/c3*1-2-5-14-7-8-15-6-3-4-10-9-11-13-12-10;1-3-5-6-8-12-10-9-11-7-4-2/h3*9H,2-8H2,1H3,(H,11,12,13);1H,4-10H2,2H3. The highest BCUT2D eigenvalue weighted by molar-refractivity contribution is 4.91. The fourth-order valence-electron chi connectivity index (χ4n) is 4.24. The molecule has 0 amide bonds. The van der Waals surface area contributed by atoms with Crippen molar-refractivity contribution in [2.45, 2.75) is 105 Å². The molecule has 0 saturated heterocycles. The van der Waals surface area contributed by atoms with Crippen molar-refractivity contribution in [3.63, 3.8) is 0 Å². The molecule has 3 aromatic rings. The molecule has 57 heavy (non-hydrogen) atoms. The molecule has 17 nitrogen and oxygen atoms in total. The summed E-state index contributed by atoms with van der Waals surface area (Å²) in [5.74, 6) is 2.57. The predicted molar refractivity (Wildman–Crippen MR) is 220 cm³/mol. The van der Waals surface area contributed by atoms with Gasteiger partial charge in [0, 0.05) is 59.3 Å². The number of aromatic nitrogens is 9. The van der Waals surface area contributed by atoms with Crippen molar-refractivity contribution >= 4 is 0 Å². The second kappa shape index (κ2) is 47.0. The lowest BCUT2D eigenvalue weighted by molar-refractivity contribution is 0.0472. The Bertz CT molecular complexity index is 1040. The number of terminal acetylenes is 1. The third-order valence-corrected chi connectivity index (χ3v) is 7.05. The fraction of sp³-hybridized carbons (Fsp3) is 0.800. The monoisotopic (exact) mass is 810 g/mol. The van der Waals surface area contributed by atoms with Gasteiger partial charge in [0.25, 0.3) is 0 Å². The first kappa shape index (κ1) is 53.7. The zero-order chi connectivity index (χ0) is 41.4. The summed E-state index contributed by atoms with van der Waals surface area (Å²) in [7, 11) is 0. The largest absolute Gasteiger partial charge is 0.379 e. The predicted octanol–water partition coefficient (Wildman–Crippen LogP) is 5.38. The number of aryl methyl sites for hydroxylation is 3. The Morgan fingerprint density at radius 3 is 0.895 bits per heavy atom. The lowest BCUT2D eigenvalue weighted by Crippen LogP contribution is -2.06. The summed E-state index contributed by atoms with van der Waals surface area (Å²) >= 11 is 0. The van der Waals surface area contributed by atoms with Crippen LogP contribution in [0.3, 0.4) is 0 Å². The number of rotatable bonds is 35. The van der Waals surface area contributed by atoms with Crippen LogP contribution < -0.4 is 0 Å². The molecule has 0 unspecified atom stereocenters. The Balaban J connectivity index is 0.000000737. The van der Waals surface area contributed by atoms with Crippen molar-refractivity contribution in [2.75, 3.05) is 106 Å². The van der Waals surface area contributed by atoms with Crippen LogP contribution in [0.4, 0.5) is 0 Å². The lowest BCUT2D eigenvalue weighted by atomic mass is 10.3. The first-order valence-corrected chi connectivity index (χ1v) is 20.8. The molecule has 0 fully saturated rings. The molecular formula is C40H75N9O8. The van der Waals surface area contributed by atoms with E-state index in [9.17, 15) is 0 Å². The second-order valence-corrected chi connectivity index (χ2v) is 12.4. The number of H-pyrrole nitrogens is 3. The van der Waals surface area contributed by atoms with Crippen molar-refractivity contribution in [1.82, 2.24) is 46.2 Å². The van der Waals surface area contributed by atoms with E-state index in [-0.39, 0.29) is 0 Å². The maximum atomic E-state index is 5.40. The average molecular weight is 810 g/mol. The molecule has 0 aliphatic carbocycles. The van der Waals surface area contributed by atoms with Crippen molar-refractivity contribution in [1.29, 1.82) is 0 Å².